The molecule has 0 aliphatic rings. The lowest BCUT2D eigenvalue weighted by Crippen LogP contribution is -2.39. The number of hydrogen-bond acceptors (Lipinski definition) is 7. The van der Waals surface area contributed by atoms with Crippen LogP contribution in [0, 0.1) is 0 Å². The van der Waals surface area contributed by atoms with Crippen LogP contribution in [0.1, 0.15) is 36.7 Å². The number of fused-ring (bicyclic) bond motifs is 1. The van der Waals surface area contributed by atoms with Crippen molar-refractivity contribution in [1.29, 1.82) is 0 Å². The number of para-hydroxylation sites is 1. The molecule has 1 aromatic heterocycles. The number of thioether (sulfide) groups is 1. The number of likely N-dealkylation sites (N-methyl/N-ethyl adjacent to an activating group) is 1. The van der Waals surface area contributed by atoms with Crippen LogP contribution < -0.4 is 4.90 Å². The highest BCUT2D eigenvalue weighted by atomic mass is 35.5. The summed E-state index contributed by atoms with van der Waals surface area (Å²) in [6.45, 7) is 9.63. The maximum absolute atomic E-state index is 13.9. The number of hydrogen-bond donors (Lipinski definition) is 0. The van der Waals surface area contributed by atoms with E-state index in [1.165, 1.54) is 27.8 Å². The molecule has 3 aromatic carbocycles. The van der Waals surface area contributed by atoms with Crippen molar-refractivity contribution in [3.8, 4) is 0 Å². The van der Waals surface area contributed by atoms with Crippen LogP contribution in [0.2, 0.25) is 0 Å². The van der Waals surface area contributed by atoms with Gasteiger partial charge in [0.05, 0.1) is 15.1 Å². The van der Waals surface area contributed by atoms with Crippen LogP contribution in [0.15, 0.2) is 82.6 Å². The second kappa shape index (κ2) is 15.1. The Hall–Kier alpha value is -2.47. The van der Waals surface area contributed by atoms with E-state index >= 15 is 0 Å². The molecule has 41 heavy (non-hydrogen) atoms. The lowest BCUT2D eigenvalue weighted by atomic mass is 10.2. The molecule has 1 heterocycles. The van der Waals surface area contributed by atoms with E-state index in [0.717, 1.165) is 33.8 Å². The third-order valence-corrected chi connectivity index (χ3v) is 10.6. The molecule has 4 aromatic rings. The fourth-order valence-electron chi connectivity index (χ4n) is 4.49. The van der Waals surface area contributed by atoms with Gasteiger partial charge < -0.3 is 4.90 Å². The van der Waals surface area contributed by atoms with Crippen molar-refractivity contribution in [1.82, 2.24) is 14.2 Å². The Morgan fingerprint density at radius 1 is 0.878 bits per heavy atom. The first kappa shape index (κ1) is 33.0. The van der Waals surface area contributed by atoms with Crippen molar-refractivity contribution in [3.05, 3.63) is 83.9 Å². The van der Waals surface area contributed by atoms with Crippen LogP contribution in [-0.2, 0) is 16.6 Å². The van der Waals surface area contributed by atoms with Gasteiger partial charge in [-0.05, 0) is 61.3 Å². The molecule has 0 N–H and O–H groups in total. The lowest BCUT2D eigenvalue weighted by Gasteiger charge is -2.25. The number of halogens is 1. The summed E-state index contributed by atoms with van der Waals surface area (Å²) < 4.78 is 29.3. The zero-order valence-electron chi connectivity index (χ0n) is 23.8. The molecule has 0 unspecified atom stereocenters. The van der Waals surface area contributed by atoms with E-state index in [1.807, 2.05) is 61.7 Å². The Balaban J connectivity index is 0.00000462. The minimum absolute atomic E-state index is 0. The average molecular weight is 633 g/mol. The Labute approximate surface area is 258 Å². The monoisotopic (exact) mass is 632 g/mol. The molecule has 0 saturated carbocycles. The number of rotatable bonds is 13. The molecule has 0 atom stereocenters. The molecule has 220 valence electrons. The predicted octanol–water partition coefficient (Wildman–Crippen LogP) is 6.64. The second-order valence-corrected chi connectivity index (χ2v) is 13.0. The van der Waals surface area contributed by atoms with Crippen molar-refractivity contribution in [2.24, 2.45) is 0 Å². The maximum atomic E-state index is 13.9. The van der Waals surface area contributed by atoms with E-state index in [1.54, 1.807) is 28.8 Å². The number of aromatic nitrogens is 1. The van der Waals surface area contributed by atoms with Gasteiger partial charge in [-0.3, -0.25) is 9.69 Å². The van der Waals surface area contributed by atoms with Crippen molar-refractivity contribution >= 4 is 66.8 Å². The van der Waals surface area contributed by atoms with Gasteiger partial charge in [0.15, 0.2) is 5.13 Å². The van der Waals surface area contributed by atoms with E-state index in [9.17, 15) is 13.2 Å². The van der Waals surface area contributed by atoms with E-state index in [2.05, 4.69) is 18.7 Å². The molecule has 0 radical (unpaired) electrons. The maximum Gasteiger partial charge on any atom is 0.260 e. The molecule has 0 spiro atoms. The average Bonchev–Trinajstić information content (AvgIpc) is 3.42. The van der Waals surface area contributed by atoms with Gasteiger partial charge in [-0.2, -0.15) is 4.31 Å². The van der Waals surface area contributed by atoms with E-state index in [0.29, 0.717) is 30.3 Å². The number of nitrogens with zero attached hydrogens (tertiary/aromatic N) is 4. The zero-order chi connectivity index (χ0) is 28.7. The van der Waals surface area contributed by atoms with Crippen molar-refractivity contribution in [2.75, 3.05) is 43.9 Å². The smallest absolute Gasteiger partial charge is 0.260 e. The molecule has 0 aliphatic heterocycles. The summed E-state index contributed by atoms with van der Waals surface area (Å²) in [6, 6.07) is 21.9. The van der Waals surface area contributed by atoms with Crippen molar-refractivity contribution < 1.29 is 13.2 Å². The highest BCUT2D eigenvalue weighted by Crippen LogP contribution is 2.34. The van der Waals surface area contributed by atoms with E-state index in [-0.39, 0.29) is 29.8 Å². The topological polar surface area (TPSA) is 73.8 Å². The third-order valence-electron chi connectivity index (χ3n) is 6.89. The Kier molecular flexibility index (Phi) is 12.2. The van der Waals surface area contributed by atoms with Gasteiger partial charge in [0, 0.05) is 36.6 Å². The Bertz CT molecular complexity index is 1530. The molecule has 0 fully saturated rings. The first-order valence-electron chi connectivity index (χ1n) is 13.4. The number of carbonyl (C=O) groups excluding carboxylic acids is 1. The number of sulfonamides is 1. The Morgan fingerprint density at radius 3 is 2.17 bits per heavy atom. The predicted molar refractivity (Wildman–Crippen MR) is 174 cm³/mol. The fraction of sp³-hybridized carbons (Fsp3) is 0.333. The van der Waals surface area contributed by atoms with Crippen LogP contribution in [0.4, 0.5) is 5.13 Å². The number of benzene rings is 3. The third kappa shape index (κ3) is 7.68. The van der Waals surface area contributed by atoms with Crippen molar-refractivity contribution in [2.45, 2.75) is 37.1 Å². The zero-order valence-corrected chi connectivity index (χ0v) is 27.1. The van der Waals surface area contributed by atoms with Crippen LogP contribution in [-0.4, -0.2) is 67.5 Å². The van der Waals surface area contributed by atoms with Crippen LogP contribution >= 0.6 is 35.5 Å². The van der Waals surface area contributed by atoms with Gasteiger partial charge in [-0.1, -0.05) is 68.5 Å². The summed E-state index contributed by atoms with van der Waals surface area (Å²) in [4.78, 5) is 24.0. The standard InChI is InChI=1S/C30H36N4O3S3.ClH/c1-5-32(6-2)20-21-34(30-31-28-26(38-4)14-11-15-27(28)39-30)29(35)24-16-18-25(19-17-24)40(36,37)33(7-3)22-23-12-9-8-10-13-23;/h8-19H,5-7,20-22H2,1-4H3;1H. The van der Waals surface area contributed by atoms with E-state index in [4.69, 9.17) is 4.98 Å². The minimum Gasteiger partial charge on any atom is -0.302 e. The lowest BCUT2D eigenvalue weighted by molar-refractivity contribution is 0.0983. The minimum atomic E-state index is -3.73. The molecule has 7 nitrogen and oxygen atoms in total. The molecule has 0 bridgehead atoms. The number of thiazole rings is 1. The summed E-state index contributed by atoms with van der Waals surface area (Å²) in [5.74, 6) is -0.197. The van der Waals surface area contributed by atoms with Crippen LogP contribution in [0.3, 0.4) is 0 Å². The van der Waals surface area contributed by atoms with Crippen LogP contribution in [0.5, 0.6) is 0 Å². The first-order valence-corrected chi connectivity index (χ1v) is 16.9. The highest BCUT2D eigenvalue weighted by molar-refractivity contribution is 7.98. The number of carbonyl (C=O) groups is 1. The molecular weight excluding hydrogens is 596 g/mol. The van der Waals surface area contributed by atoms with Gasteiger partial charge in [-0.15, -0.1) is 24.2 Å². The number of anilines is 1. The van der Waals surface area contributed by atoms with Gasteiger partial charge in [-0.25, -0.2) is 13.4 Å². The summed E-state index contributed by atoms with van der Waals surface area (Å²) >= 11 is 3.13. The van der Waals surface area contributed by atoms with Gasteiger partial charge >= 0.3 is 0 Å². The van der Waals surface area contributed by atoms with Gasteiger partial charge in [0.1, 0.15) is 0 Å². The SMILES string of the molecule is CCN(CC)CCN(C(=O)c1ccc(S(=O)(=O)N(CC)Cc2ccccc2)cc1)c1nc2c(SC)cccc2s1.Cl. The van der Waals surface area contributed by atoms with Crippen LogP contribution in [0.25, 0.3) is 10.2 Å². The largest absolute Gasteiger partial charge is 0.302 e. The van der Waals surface area contributed by atoms with E-state index < -0.39 is 10.0 Å². The van der Waals surface area contributed by atoms with Gasteiger partial charge in [0.25, 0.3) is 5.91 Å². The number of amides is 1. The van der Waals surface area contributed by atoms with Gasteiger partial charge in [0.2, 0.25) is 10.0 Å². The highest BCUT2D eigenvalue weighted by Gasteiger charge is 2.26. The molecule has 0 aliphatic carbocycles. The van der Waals surface area contributed by atoms with Crippen molar-refractivity contribution in [3.63, 3.8) is 0 Å². The summed E-state index contributed by atoms with van der Waals surface area (Å²) in [6.07, 6.45) is 2.02. The molecular formula is C30H37ClN4O3S3. The quantitative estimate of drug-likeness (QED) is 0.154. The fourth-order valence-corrected chi connectivity index (χ4v) is 7.57. The Morgan fingerprint density at radius 2 is 1.56 bits per heavy atom. The second-order valence-electron chi connectivity index (χ2n) is 9.23. The normalized spacial score (nSPS) is 11.7. The molecule has 0 saturated heterocycles. The molecule has 4 rings (SSSR count). The summed E-state index contributed by atoms with van der Waals surface area (Å²) in [7, 11) is -3.73. The molecule has 11 heteroatoms. The summed E-state index contributed by atoms with van der Waals surface area (Å²) in [5.41, 5.74) is 2.24. The summed E-state index contributed by atoms with van der Waals surface area (Å²) in [5, 5.41) is 0.644. The first-order chi connectivity index (χ1) is 19.3. The molecule has 1 amide bonds.